The van der Waals surface area contributed by atoms with E-state index in [0.29, 0.717) is 42.4 Å². The largest absolute Gasteiger partial charge is 0.378 e. The second kappa shape index (κ2) is 11.5. The summed E-state index contributed by atoms with van der Waals surface area (Å²) in [6.07, 6.45) is 5.02. The van der Waals surface area contributed by atoms with Gasteiger partial charge in [0.1, 0.15) is 17.8 Å². The zero-order valence-electron chi connectivity index (χ0n) is 20.8. The Morgan fingerprint density at radius 3 is 2.76 bits per heavy atom. The summed E-state index contributed by atoms with van der Waals surface area (Å²) in [4.78, 5) is 33.6. The van der Waals surface area contributed by atoms with Gasteiger partial charge in [0.2, 0.25) is 0 Å². The first-order chi connectivity index (χ1) is 17.9. The molecule has 0 bridgehead atoms. The lowest BCUT2D eigenvalue weighted by atomic mass is 9.83. The average molecular weight is 526 g/mol. The van der Waals surface area contributed by atoms with Crippen LogP contribution < -0.4 is 16.0 Å². The fraction of sp³-hybridized carbons (Fsp3) is 0.481. The first-order valence-electron chi connectivity index (χ1n) is 12.8. The van der Waals surface area contributed by atoms with E-state index in [1.165, 1.54) is 0 Å². The number of carbonyl (C=O) groups excluding carboxylic acids is 2. The molecular weight excluding hydrogens is 493 g/mol. The summed E-state index contributed by atoms with van der Waals surface area (Å²) in [6.45, 7) is 2.13. The Morgan fingerprint density at radius 1 is 1.14 bits per heavy atom. The van der Waals surface area contributed by atoms with Gasteiger partial charge >= 0.3 is 0 Å². The van der Waals surface area contributed by atoms with E-state index in [0.717, 1.165) is 41.6 Å². The predicted molar refractivity (Wildman–Crippen MR) is 143 cm³/mol. The van der Waals surface area contributed by atoms with Crippen molar-refractivity contribution in [1.29, 1.82) is 0 Å². The molecule has 8 nitrogen and oxygen atoms in total. The third-order valence-corrected chi connectivity index (χ3v) is 7.93. The predicted octanol–water partition coefficient (Wildman–Crippen LogP) is 5.24. The third-order valence-electron chi connectivity index (χ3n) is 7.14. The van der Waals surface area contributed by atoms with Crippen molar-refractivity contribution in [2.24, 2.45) is 5.92 Å². The SMILES string of the molecule is CC(=O)CC1CCC(NC(=O)c2cnc(Nc3ccc4ncsc4c3)cc2N[C@H]2CCOC[C@@H]2F)CC1. The summed E-state index contributed by atoms with van der Waals surface area (Å²) in [5, 5.41) is 9.69. The number of ether oxygens (including phenoxy) is 1. The van der Waals surface area contributed by atoms with Crippen molar-refractivity contribution in [3.63, 3.8) is 0 Å². The van der Waals surface area contributed by atoms with E-state index < -0.39 is 12.2 Å². The molecule has 3 heterocycles. The molecule has 2 aliphatic rings. The minimum absolute atomic E-state index is 0.0355. The number of carbonyl (C=O) groups is 2. The van der Waals surface area contributed by atoms with E-state index >= 15 is 0 Å². The number of halogens is 1. The van der Waals surface area contributed by atoms with Crippen molar-refractivity contribution in [1.82, 2.24) is 15.3 Å². The first-order valence-corrected chi connectivity index (χ1v) is 13.7. The number of hydrogen-bond acceptors (Lipinski definition) is 8. The number of thiazole rings is 1. The van der Waals surface area contributed by atoms with Gasteiger partial charge in [0, 0.05) is 37.0 Å². The molecule has 0 spiro atoms. The molecule has 1 aliphatic heterocycles. The van der Waals surface area contributed by atoms with E-state index in [-0.39, 0.29) is 24.3 Å². The second-order valence-corrected chi connectivity index (χ2v) is 10.9. The van der Waals surface area contributed by atoms with Gasteiger partial charge in [-0.25, -0.2) is 14.4 Å². The molecule has 196 valence electrons. The second-order valence-electron chi connectivity index (χ2n) is 10.0. The molecule has 2 fully saturated rings. The van der Waals surface area contributed by atoms with Crippen LogP contribution in [0.4, 0.5) is 21.6 Å². The Balaban J connectivity index is 1.32. The van der Waals surface area contributed by atoms with Crippen molar-refractivity contribution < 1.29 is 18.7 Å². The van der Waals surface area contributed by atoms with Crippen molar-refractivity contribution in [3.05, 3.63) is 41.5 Å². The summed E-state index contributed by atoms with van der Waals surface area (Å²) in [5.41, 5.74) is 4.51. The number of ketones is 1. The topological polar surface area (TPSA) is 105 Å². The number of nitrogens with zero attached hydrogens (tertiary/aromatic N) is 2. The molecule has 0 radical (unpaired) electrons. The molecule has 2 aromatic heterocycles. The van der Waals surface area contributed by atoms with Gasteiger partial charge in [-0.15, -0.1) is 11.3 Å². The van der Waals surface area contributed by atoms with Crippen molar-refractivity contribution >= 4 is 50.4 Å². The Labute approximate surface area is 219 Å². The number of Topliss-reactive ketones (excluding diaryl/α,β-unsaturated/α-hetero) is 1. The highest BCUT2D eigenvalue weighted by Gasteiger charge is 2.28. The average Bonchev–Trinajstić information content (AvgIpc) is 3.34. The number of aromatic nitrogens is 2. The molecule has 0 unspecified atom stereocenters. The molecule has 1 amide bonds. The summed E-state index contributed by atoms with van der Waals surface area (Å²) in [6, 6.07) is 7.22. The van der Waals surface area contributed by atoms with Gasteiger partial charge in [-0.1, -0.05) is 0 Å². The zero-order valence-corrected chi connectivity index (χ0v) is 21.7. The molecule has 37 heavy (non-hydrogen) atoms. The molecule has 3 N–H and O–H groups in total. The van der Waals surface area contributed by atoms with E-state index in [9.17, 15) is 14.0 Å². The van der Waals surface area contributed by atoms with E-state index in [2.05, 4.69) is 25.9 Å². The monoisotopic (exact) mass is 525 g/mol. The number of hydrogen-bond donors (Lipinski definition) is 3. The number of benzene rings is 1. The summed E-state index contributed by atoms with van der Waals surface area (Å²) in [5.74, 6) is 0.934. The maximum atomic E-state index is 14.6. The van der Waals surface area contributed by atoms with Gasteiger partial charge in [-0.05, 0) is 63.1 Å². The number of rotatable bonds is 8. The molecule has 5 rings (SSSR count). The lowest BCUT2D eigenvalue weighted by molar-refractivity contribution is -0.118. The van der Waals surface area contributed by atoms with Gasteiger partial charge < -0.3 is 25.5 Å². The molecule has 1 saturated heterocycles. The van der Waals surface area contributed by atoms with Gasteiger partial charge in [0.05, 0.1) is 39.6 Å². The van der Waals surface area contributed by atoms with Gasteiger partial charge in [0.25, 0.3) is 5.91 Å². The highest BCUT2D eigenvalue weighted by molar-refractivity contribution is 7.16. The molecule has 1 aliphatic carbocycles. The minimum Gasteiger partial charge on any atom is -0.378 e. The molecule has 3 aromatic rings. The third kappa shape index (κ3) is 6.42. The van der Waals surface area contributed by atoms with Gasteiger partial charge in [-0.2, -0.15) is 0 Å². The van der Waals surface area contributed by atoms with Crippen LogP contribution in [0, 0.1) is 5.92 Å². The Morgan fingerprint density at radius 2 is 1.97 bits per heavy atom. The number of alkyl halides is 1. The van der Waals surface area contributed by atoms with Crippen LogP contribution in [-0.2, 0) is 9.53 Å². The number of nitrogens with one attached hydrogen (secondary N) is 3. The Kier molecular flexibility index (Phi) is 7.95. The van der Waals surface area contributed by atoms with E-state index in [1.807, 2.05) is 18.2 Å². The Bertz CT molecular complexity index is 1260. The number of fused-ring (bicyclic) bond motifs is 1. The lowest BCUT2D eigenvalue weighted by Gasteiger charge is -2.30. The molecule has 2 atom stereocenters. The molecular formula is C27H32FN5O3S. The van der Waals surface area contributed by atoms with Crippen molar-refractivity contribution in [3.8, 4) is 0 Å². The van der Waals surface area contributed by atoms with Crippen LogP contribution in [0.15, 0.2) is 36.0 Å². The van der Waals surface area contributed by atoms with Crippen LogP contribution in [0.3, 0.4) is 0 Å². The van der Waals surface area contributed by atoms with Crippen LogP contribution in [-0.4, -0.2) is 53.1 Å². The maximum Gasteiger partial charge on any atom is 0.255 e. The molecule has 10 heteroatoms. The van der Waals surface area contributed by atoms with Crippen LogP contribution in [0.2, 0.25) is 0 Å². The standard InChI is InChI=1S/C27H32FN5O3S/c1-16(34)10-17-2-4-18(5-3-17)32-27(35)20-13-29-26(12-24(20)33-22-8-9-36-14-21(22)28)31-19-6-7-23-25(11-19)37-15-30-23/h6-7,11-13,15,17-18,21-22H,2-5,8-10,14H2,1H3,(H,32,35)(H2,29,31,33)/t17?,18?,21-,22-/m0/s1. The fourth-order valence-electron chi connectivity index (χ4n) is 5.15. The van der Waals surface area contributed by atoms with Crippen LogP contribution in [0.1, 0.15) is 55.8 Å². The van der Waals surface area contributed by atoms with E-state index in [4.69, 9.17) is 4.74 Å². The Hall–Kier alpha value is -3.11. The summed E-state index contributed by atoms with van der Waals surface area (Å²) < 4.78 is 20.9. The zero-order chi connectivity index (χ0) is 25.8. The van der Waals surface area contributed by atoms with Crippen LogP contribution in [0.5, 0.6) is 0 Å². The van der Waals surface area contributed by atoms with Crippen molar-refractivity contribution in [2.45, 2.75) is 63.7 Å². The highest BCUT2D eigenvalue weighted by Crippen LogP contribution is 2.30. The number of pyridine rings is 1. The molecule has 1 saturated carbocycles. The smallest absolute Gasteiger partial charge is 0.255 e. The maximum absolute atomic E-state index is 14.6. The quantitative estimate of drug-likeness (QED) is 0.369. The van der Waals surface area contributed by atoms with E-state index in [1.54, 1.807) is 36.0 Å². The summed E-state index contributed by atoms with van der Waals surface area (Å²) in [7, 11) is 0. The van der Waals surface area contributed by atoms with Crippen molar-refractivity contribution in [2.75, 3.05) is 23.8 Å². The highest BCUT2D eigenvalue weighted by atomic mass is 32.1. The van der Waals surface area contributed by atoms with Crippen LogP contribution >= 0.6 is 11.3 Å². The number of anilines is 3. The lowest BCUT2D eigenvalue weighted by Crippen LogP contribution is -2.41. The van der Waals surface area contributed by atoms with Crippen LogP contribution in [0.25, 0.3) is 10.2 Å². The minimum atomic E-state index is -1.17. The first kappa shape index (κ1) is 25.5. The van der Waals surface area contributed by atoms with Gasteiger partial charge in [-0.3, -0.25) is 4.79 Å². The van der Waals surface area contributed by atoms with Gasteiger partial charge in [0.15, 0.2) is 0 Å². The fourth-order valence-corrected chi connectivity index (χ4v) is 5.87. The normalized spacial score (nSPS) is 23.9. The molecule has 1 aromatic carbocycles. The summed E-state index contributed by atoms with van der Waals surface area (Å²) >= 11 is 1.56. The number of amides is 1.